The summed E-state index contributed by atoms with van der Waals surface area (Å²) < 4.78 is 20.1. The molecule has 2 aromatic carbocycles. The smallest absolute Gasteiger partial charge is 0.237 e. The first-order valence-electron chi connectivity index (χ1n) is 7.46. The zero-order valence-electron chi connectivity index (χ0n) is 12.9. The summed E-state index contributed by atoms with van der Waals surface area (Å²) in [6, 6.07) is 15.8. The van der Waals surface area contributed by atoms with Gasteiger partial charge in [-0.3, -0.25) is 4.57 Å². The van der Waals surface area contributed by atoms with Gasteiger partial charge in [0.2, 0.25) is 11.7 Å². The monoisotopic (exact) mass is 353 g/mol. The minimum absolute atomic E-state index is 0.303. The molecule has 6 nitrogen and oxygen atoms in total. The second kappa shape index (κ2) is 6.86. The second-order valence-corrected chi connectivity index (χ2v) is 6.07. The number of halogens is 1. The summed E-state index contributed by atoms with van der Waals surface area (Å²) in [7, 11) is 0. The number of aromatic nitrogens is 5. The summed E-state index contributed by atoms with van der Waals surface area (Å²) in [6.07, 6.45) is 1.66. The summed E-state index contributed by atoms with van der Waals surface area (Å²) in [4.78, 5) is 4.33. The van der Waals surface area contributed by atoms with Gasteiger partial charge in [0.25, 0.3) is 0 Å². The average molecular weight is 353 g/mol. The summed E-state index contributed by atoms with van der Waals surface area (Å²) in [5.41, 5.74) is 1.68. The van der Waals surface area contributed by atoms with Crippen LogP contribution in [0.2, 0.25) is 0 Å². The van der Waals surface area contributed by atoms with E-state index in [9.17, 15) is 4.39 Å². The molecule has 0 aliphatic carbocycles. The molecule has 0 N–H and O–H groups in total. The van der Waals surface area contributed by atoms with E-state index in [2.05, 4.69) is 20.3 Å². The van der Waals surface area contributed by atoms with Gasteiger partial charge in [-0.05, 0) is 36.4 Å². The zero-order valence-corrected chi connectivity index (χ0v) is 13.7. The molecule has 0 fully saturated rings. The lowest BCUT2D eigenvalue weighted by molar-refractivity contribution is 0.391. The predicted octanol–water partition coefficient (Wildman–Crippen LogP) is 3.75. The Morgan fingerprint density at radius 2 is 1.84 bits per heavy atom. The Morgan fingerprint density at radius 3 is 2.64 bits per heavy atom. The van der Waals surface area contributed by atoms with Crippen LogP contribution in [0.1, 0.15) is 5.89 Å². The topological polar surface area (TPSA) is 69.6 Å². The van der Waals surface area contributed by atoms with Crippen molar-refractivity contribution in [1.82, 2.24) is 24.9 Å². The van der Waals surface area contributed by atoms with E-state index in [0.717, 1.165) is 10.8 Å². The van der Waals surface area contributed by atoms with Crippen molar-refractivity contribution in [2.75, 3.05) is 0 Å². The Morgan fingerprint density at radius 1 is 1.04 bits per heavy atom. The second-order valence-electron chi connectivity index (χ2n) is 5.13. The highest BCUT2D eigenvalue weighted by Crippen LogP contribution is 2.24. The molecule has 0 aliphatic heterocycles. The lowest BCUT2D eigenvalue weighted by atomic mass is 10.2. The number of hydrogen-bond acceptors (Lipinski definition) is 6. The van der Waals surface area contributed by atoms with Crippen molar-refractivity contribution in [3.8, 4) is 17.1 Å². The maximum Gasteiger partial charge on any atom is 0.237 e. The molecule has 0 atom stereocenters. The molecule has 4 aromatic rings. The van der Waals surface area contributed by atoms with E-state index >= 15 is 0 Å². The minimum Gasteiger partial charge on any atom is -0.338 e. The van der Waals surface area contributed by atoms with Gasteiger partial charge in [-0.15, -0.1) is 10.2 Å². The fraction of sp³-hybridized carbons (Fsp3) is 0.0588. The Hall–Kier alpha value is -3.00. The van der Waals surface area contributed by atoms with E-state index < -0.39 is 0 Å². The lowest BCUT2D eigenvalue weighted by Crippen LogP contribution is -1.95. The van der Waals surface area contributed by atoms with Crippen LogP contribution < -0.4 is 0 Å². The van der Waals surface area contributed by atoms with Gasteiger partial charge in [0, 0.05) is 11.3 Å². The number of benzene rings is 2. The Kier molecular flexibility index (Phi) is 4.26. The lowest BCUT2D eigenvalue weighted by Gasteiger charge is -2.04. The molecule has 124 valence electrons. The van der Waals surface area contributed by atoms with Gasteiger partial charge < -0.3 is 4.52 Å². The molecular formula is C17H12FN5OS. The van der Waals surface area contributed by atoms with Crippen LogP contribution in [0, 0.1) is 5.82 Å². The maximum absolute atomic E-state index is 13.0. The summed E-state index contributed by atoms with van der Waals surface area (Å²) in [6.45, 7) is 0. The van der Waals surface area contributed by atoms with Gasteiger partial charge in [0.05, 0.1) is 5.75 Å². The Labute approximate surface area is 146 Å². The van der Waals surface area contributed by atoms with Gasteiger partial charge >= 0.3 is 0 Å². The van der Waals surface area contributed by atoms with Crippen LogP contribution in [0.3, 0.4) is 0 Å². The molecule has 0 unspecified atom stereocenters. The summed E-state index contributed by atoms with van der Waals surface area (Å²) in [5, 5.41) is 12.7. The number of thioether (sulfide) groups is 1. The van der Waals surface area contributed by atoms with Gasteiger partial charge in [-0.1, -0.05) is 35.1 Å². The number of para-hydroxylation sites is 1. The third-order valence-electron chi connectivity index (χ3n) is 3.45. The van der Waals surface area contributed by atoms with E-state index in [-0.39, 0.29) is 5.82 Å². The van der Waals surface area contributed by atoms with Crippen molar-refractivity contribution in [1.29, 1.82) is 0 Å². The predicted molar refractivity (Wildman–Crippen MR) is 90.6 cm³/mol. The van der Waals surface area contributed by atoms with Gasteiger partial charge in [-0.25, -0.2) is 4.39 Å². The molecule has 0 saturated heterocycles. The van der Waals surface area contributed by atoms with Crippen molar-refractivity contribution in [3.05, 3.63) is 72.6 Å². The first-order chi connectivity index (χ1) is 12.3. The van der Waals surface area contributed by atoms with Gasteiger partial charge in [0.15, 0.2) is 5.16 Å². The van der Waals surface area contributed by atoms with E-state index in [0.29, 0.717) is 23.0 Å². The standard InChI is InChI=1S/C17H12FN5OS/c18-13-8-6-12(7-9-13)16-20-15(24-22-16)10-25-17-21-19-11-23(17)14-4-2-1-3-5-14/h1-9,11H,10H2. The molecule has 2 aromatic heterocycles. The quantitative estimate of drug-likeness (QED) is 0.509. The van der Waals surface area contributed by atoms with E-state index in [1.54, 1.807) is 18.5 Å². The Bertz CT molecular complexity index is 968. The molecular weight excluding hydrogens is 341 g/mol. The molecule has 8 heteroatoms. The van der Waals surface area contributed by atoms with Crippen molar-refractivity contribution >= 4 is 11.8 Å². The van der Waals surface area contributed by atoms with E-state index in [1.165, 1.54) is 23.9 Å². The van der Waals surface area contributed by atoms with Crippen LogP contribution in [-0.4, -0.2) is 24.9 Å². The molecule has 0 amide bonds. The van der Waals surface area contributed by atoms with Crippen molar-refractivity contribution in [3.63, 3.8) is 0 Å². The molecule has 4 rings (SSSR count). The van der Waals surface area contributed by atoms with Crippen molar-refractivity contribution < 1.29 is 8.91 Å². The van der Waals surface area contributed by atoms with Crippen LogP contribution in [0.25, 0.3) is 17.1 Å². The number of hydrogen-bond donors (Lipinski definition) is 0. The van der Waals surface area contributed by atoms with E-state index in [1.807, 2.05) is 34.9 Å². The largest absolute Gasteiger partial charge is 0.338 e. The SMILES string of the molecule is Fc1ccc(-c2noc(CSc3nncn3-c3ccccc3)n2)cc1. The Balaban J connectivity index is 1.48. The summed E-state index contributed by atoms with van der Waals surface area (Å²) in [5.74, 6) is 1.05. The number of nitrogens with zero attached hydrogens (tertiary/aromatic N) is 5. The fourth-order valence-corrected chi connectivity index (χ4v) is 3.01. The van der Waals surface area contributed by atoms with Crippen LogP contribution in [-0.2, 0) is 5.75 Å². The highest BCUT2D eigenvalue weighted by molar-refractivity contribution is 7.98. The maximum atomic E-state index is 13.0. The molecule has 0 bridgehead atoms. The first-order valence-corrected chi connectivity index (χ1v) is 8.45. The summed E-state index contributed by atoms with van der Waals surface area (Å²) >= 11 is 1.45. The molecule has 25 heavy (non-hydrogen) atoms. The molecule has 0 saturated carbocycles. The third kappa shape index (κ3) is 3.43. The van der Waals surface area contributed by atoms with Gasteiger partial charge in [-0.2, -0.15) is 4.98 Å². The molecule has 0 spiro atoms. The van der Waals surface area contributed by atoms with Gasteiger partial charge in [0.1, 0.15) is 12.1 Å². The third-order valence-corrected chi connectivity index (χ3v) is 4.37. The fourth-order valence-electron chi connectivity index (χ4n) is 2.24. The minimum atomic E-state index is -0.303. The highest BCUT2D eigenvalue weighted by Gasteiger charge is 2.12. The zero-order chi connectivity index (χ0) is 17.1. The first kappa shape index (κ1) is 15.5. The van der Waals surface area contributed by atoms with Crippen LogP contribution in [0.4, 0.5) is 4.39 Å². The van der Waals surface area contributed by atoms with Crippen molar-refractivity contribution in [2.45, 2.75) is 10.9 Å². The van der Waals surface area contributed by atoms with Crippen molar-refractivity contribution in [2.24, 2.45) is 0 Å². The van der Waals surface area contributed by atoms with E-state index in [4.69, 9.17) is 4.52 Å². The molecule has 0 aliphatic rings. The normalized spacial score (nSPS) is 10.9. The van der Waals surface area contributed by atoms with Crippen LogP contribution >= 0.6 is 11.8 Å². The highest BCUT2D eigenvalue weighted by atomic mass is 32.2. The molecule has 0 radical (unpaired) electrons. The average Bonchev–Trinajstić information content (AvgIpc) is 3.31. The number of rotatable bonds is 5. The van der Waals surface area contributed by atoms with Crippen LogP contribution in [0.5, 0.6) is 0 Å². The van der Waals surface area contributed by atoms with Crippen LogP contribution in [0.15, 0.2) is 70.6 Å². The molecule has 2 heterocycles.